The second-order valence-corrected chi connectivity index (χ2v) is 4.97. The van der Waals surface area contributed by atoms with E-state index < -0.39 is 0 Å². The number of nitrogens with one attached hydrogen (secondary N) is 2. The molecule has 1 aromatic heterocycles. The molecule has 0 fully saturated rings. The van der Waals surface area contributed by atoms with Gasteiger partial charge in [0.25, 0.3) is 0 Å². The van der Waals surface area contributed by atoms with E-state index in [1.165, 1.54) is 6.33 Å². The Hall–Kier alpha value is -1.49. The summed E-state index contributed by atoms with van der Waals surface area (Å²) in [6, 6.07) is 0. The molecule has 0 atom stereocenters. The second-order valence-electron chi connectivity index (χ2n) is 4.97. The third kappa shape index (κ3) is 6.63. The average Bonchev–Trinajstić information content (AvgIpc) is 2.23. The van der Waals surface area contributed by atoms with Gasteiger partial charge in [-0.2, -0.15) is 0 Å². The molecule has 94 valence electrons. The first-order valence-electron chi connectivity index (χ1n) is 5.73. The molecule has 0 spiro atoms. The molecule has 0 radical (unpaired) electrons. The number of carbonyl (C=O) groups excluding carboxylic acids is 1. The van der Waals surface area contributed by atoms with E-state index in [9.17, 15) is 4.79 Å². The SMILES string of the molecule is CC(C)(C)NC(=O)CCNCc1cncnc1. The van der Waals surface area contributed by atoms with Crippen LogP contribution in [0.15, 0.2) is 18.7 Å². The van der Waals surface area contributed by atoms with Crippen molar-refractivity contribution in [2.75, 3.05) is 6.54 Å². The number of amides is 1. The summed E-state index contributed by atoms with van der Waals surface area (Å²) in [5.41, 5.74) is 0.855. The zero-order chi connectivity index (χ0) is 12.7. The highest BCUT2D eigenvalue weighted by Crippen LogP contribution is 1.98. The van der Waals surface area contributed by atoms with Gasteiger partial charge in [-0.05, 0) is 20.8 Å². The Kier molecular flexibility index (Phi) is 5.03. The van der Waals surface area contributed by atoms with E-state index in [0.29, 0.717) is 19.5 Å². The highest BCUT2D eigenvalue weighted by molar-refractivity contribution is 5.76. The van der Waals surface area contributed by atoms with Crippen LogP contribution >= 0.6 is 0 Å². The van der Waals surface area contributed by atoms with E-state index in [1.807, 2.05) is 20.8 Å². The quantitative estimate of drug-likeness (QED) is 0.744. The number of hydrogen-bond donors (Lipinski definition) is 2. The largest absolute Gasteiger partial charge is 0.351 e. The van der Waals surface area contributed by atoms with Crippen molar-refractivity contribution in [3.05, 3.63) is 24.3 Å². The van der Waals surface area contributed by atoms with Crippen LogP contribution in [0.4, 0.5) is 0 Å². The first-order chi connectivity index (χ1) is 7.97. The van der Waals surface area contributed by atoms with Gasteiger partial charge in [-0.1, -0.05) is 0 Å². The van der Waals surface area contributed by atoms with E-state index in [1.54, 1.807) is 12.4 Å². The molecule has 0 aromatic carbocycles. The standard InChI is InChI=1S/C12H20N4O/c1-12(2,3)16-11(17)4-5-13-6-10-7-14-9-15-8-10/h7-9,13H,4-6H2,1-3H3,(H,16,17). The molecule has 1 rings (SSSR count). The van der Waals surface area contributed by atoms with E-state index in [0.717, 1.165) is 5.56 Å². The first kappa shape index (κ1) is 13.6. The minimum absolute atomic E-state index is 0.0642. The number of nitrogens with zero attached hydrogens (tertiary/aromatic N) is 2. The van der Waals surface area contributed by atoms with E-state index in [4.69, 9.17) is 0 Å². The predicted octanol–water partition coefficient (Wildman–Crippen LogP) is 0.871. The van der Waals surface area contributed by atoms with Gasteiger partial charge >= 0.3 is 0 Å². The zero-order valence-corrected chi connectivity index (χ0v) is 10.7. The van der Waals surface area contributed by atoms with Crippen molar-refractivity contribution in [2.24, 2.45) is 0 Å². The lowest BCUT2D eigenvalue weighted by Gasteiger charge is -2.20. The molecule has 1 aromatic rings. The van der Waals surface area contributed by atoms with Gasteiger partial charge in [0, 0.05) is 43.0 Å². The summed E-state index contributed by atoms with van der Waals surface area (Å²) in [4.78, 5) is 19.3. The summed E-state index contributed by atoms with van der Waals surface area (Å²) in [6.45, 7) is 7.25. The van der Waals surface area contributed by atoms with Crippen LogP contribution in [0.25, 0.3) is 0 Å². The van der Waals surface area contributed by atoms with E-state index >= 15 is 0 Å². The fraction of sp³-hybridized carbons (Fsp3) is 0.583. The maximum atomic E-state index is 11.5. The maximum Gasteiger partial charge on any atom is 0.221 e. The summed E-state index contributed by atoms with van der Waals surface area (Å²) in [7, 11) is 0. The van der Waals surface area contributed by atoms with Gasteiger partial charge < -0.3 is 10.6 Å². The Morgan fingerprint density at radius 3 is 2.53 bits per heavy atom. The third-order valence-corrected chi connectivity index (χ3v) is 1.99. The maximum absolute atomic E-state index is 11.5. The van der Waals surface area contributed by atoms with Crippen molar-refractivity contribution < 1.29 is 4.79 Å². The summed E-state index contributed by atoms with van der Waals surface area (Å²) < 4.78 is 0. The van der Waals surface area contributed by atoms with Crippen molar-refractivity contribution in [3.63, 3.8) is 0 Å². The first-order valence-corrected chi connectivity index (χ1v) is 5.73. The van der Waals surface area contributed by atoms with E-state index in [-0.39, 0.29) is 11.4 Å². The molecule has 0 aliphatic heterocycles. The van der Waals surface area contributed by atoms with Crippen molar-refractivity contribution in [3.8, 4) is 0 Å². The average molecular weight is 236 g/mol. The number of aromatic nitrogens is 2. The van der Waals surface area contributed by atoms with Crippen molar-refractivity contribution >= 4 is 5.91 Å². The van der Waals surface area contributed by atoms with Gasteiger partial charge in [-0.25, -0.2) is 9.97 Å². The normalized spacial score (nSPS) is 11.2. The van der Waals surface area contributed by atoms with Crippen LogP contribution in [0.5, 0.6) is 0 Å². The van der Waals surface area contributed by atoms with Crippen LogP contribution < -0.4 is 10.6 Å². The molecule has 1 amide bonds. The minimum atomic E-state index is -0.162. The molecule has 5 heteroatoms. The number of hydrogen-bond acceptors (Lipinski definition) is 4. The Morgan fingerprint density at radius 2 is 1.94 bits per heavy atom. The molecule has 0 unspecified atom stereocenters. The van der Waals surface area contributed by atoms with Crippen LogP contribution in [0.2, 0.25) is 0 Å². The molecular formula is C12H20N4O. The fourth-order valence-electron chi connectivity index (χ4n) is 1.34. The summed E-state index contributed by atoms with van der Waals surface area (Å²) in [6.07, 6.45) is 5.50. The number of rotatable bonds is 5. The lowest BCUT2D eigenvalue weighted by molar-refractivity contribution is -0.122. The highest BCUT2D eigenvalue weighted by atomic mass is 16.1. The second kappa shape index (κ2) is 6.30. The van der Waals surface area contributed by atoms with Crippen LogP contribution in [-0.2, 0) is 11.3 Å². The molecule has 0 bridgehead atoms. The van der Waals surface area contributed by atoms with Gasteiger partial charge in [0.05, 0.1) is 0 Å². The molecule has 2 N–H and O–H groups in total. The van der Waals surface area contributed by atoms with Gasteiger partial charge in [0.15, 0.2) is 0 Å². The van der Waals surface area contributed by atoms with Crippen molar-refractivity contribution in [2.45, 2.75) is 39.3 Å². The molecule has 5 nitrogen and oxygen atoms in total. The predicted molar refractivity (Wildman–Crippen MR) is 66.3 cm³/mol. The van der Waals surface area contributed by atoms with Crippen molar-refractivity contribution in [1.82, 2.24) is 20.6 Å². The lowest BCUT2D eigenvalue weighted by Crippen LogP contribution is -2.41. The Bertz CT molecular complexity index is 345. The van der Waals surface area contributed by atoms with Crippen LogP contribution in [0, 0.1) is 0 Å². The van der Waals surface area contributed by atoms with E-state index in [2.05, 4.69) is 20.6 Å². The Labute approximate surface area is 102 Å². The Balaban J connectivity index is 2.14. The topological polar surface area (TPSA) is 66.9 Å². The fourth-order valence-corrected chi connectivity index (χ4v) is 1.34. The smallest absolute Gasteiger partial charge is 0.221 e. The summed E-state index contributed by atoms with van der Waals surface area (Å²) in [5, 5.41) is 6.09. The molecular weight excluding hydrogens is 216 g/mol. The lowest BCUT2D eigenvalue weighted by atomic mass is 10.1. The van der Waals surface area contributed by atoms with Crippen LogP contribution in [0.3, 0.4) is 0 Å². The minimum Gasteiger partial charge on any atom is -0.351 e. The summed E-state index contributed by atoms with van der Waals surface area (Å²) in [5.74, 6) is 0.0642. The third-order valence-electron chi connectivity index (χ3n) is 1.99. The molecule has 1 heterocycles. The monoisotopic (exact) mass is 236 g/mol. The molecule has 0 aliphatic carbocycles. The molecule has 0 saturated carbocycles. The van der Waals surface area contributed by atoms with Gasteiger partial charge in [0.1, 0.15) is 6.33 Å². The molecule has 0 saturated heterocycles. The Morgan fingerprint density at radius 1 is 1.29 bits per heavy atom. The molecule has 17 heavy (non-hydrogen) atoms. The van der Waals surface area contributed by atoms with Crippen molar-refractivity contribution in [1.29, 1.82) is 0 Å². The van der Waals surface area contributed by atoms with Gasteiger partial charge in [0.2, 0.25) is 5.91 Å². The molecule has 0 aliphatic rings. The highest BCUT2D eigenvalue weighted by Gasteiger charge is 2.12. The zero-order valence-electron chi connectivity index (χ0n) is 10.7. The number of carbonyl (C=O) groups is 1. The van der Waals surface area contributed by atoms with Gasteiger partial charge in [-0.3, -0.25) is 4.79 Å². The van der Waals surface area contributed by atoms with Crippen LogP contribution in [-0.4, -0.2) is 28.0 Å². The van der Waals surface area contributed by atoms with Gasteiger partial charge in [-0.15, -0.1) is 0 Å². The van der Waals surface area contributed by atoms with Crippen LogP contribution in [0.1, 0.15) is 32.8 Å². The summed E-state index contributed by atoms with van der Waals surface area (Å²) >= 11 is 0.